The second-order valence-electron chi connectivity index (χ2n) is 7.75. The maximum Gasteiger partial charge on any atom is 0.257 e. The Morgan fingerprint density at radius 2 is 1.83 bits per heavy atom. The first kappa shape index (κ1) is 18.9. The van der Waals surface area contributed by atoms with Gasteiger partial charge in [0.2, 0.25) is 0 Å². The molecular formula is C24H25N3O3. The Kier molecular flexibility index (Phi) is 5.48. The molecule has 3 aromatic rings. The number of nitrogens with zero attached hydrogens (tertiary/aromatic N) is 3. The lowest BCUT2D eigenvalue weighted by Gasteiger charge is -2.32. The summed E-state index contributed by atoms with van der Waals surface area (Å²) >= 11 is 0. The molecule has 1 atom stereocenters. The Morgan fingerprint density at radius 3 is 2.63 bits per heavy atom. The number of aromatic nitrogens is 2. The van der Waals surface area contributed by atoms with E-state index in [0.29, 0.717) is 18.2 Å². The molecule has 1 fully saturated rings. The van der Waals surface area contributed by atoms with Crippen molar-refractivity contribution in [3.63, 3.8) is 0 Å². The van der Waals surface area contributed by atoms with Crippen molar-refractivity contribution in [1.29, 1.82) is 0 Å². The molecule has 0 spiro atoms. The quantitative estimate of drug-likeness (QED) is 0.641. The van der Waals surface area contributed by atoms with Gasteiger partial charge in [0, 0.05) is 32.0 Å². The zero-order valence-corrected chi connectivity index (χ0v) is 16.8. The average Bonchev–Trinajstić information content (AvgIpc) is 2.81. The van der Waals surface area contributed by atoms with E-state index < -0.39 is 0 Å². The summed E-state index contributed by atoms with van der Waals surface area (Å²) in [6.45, 7) is 3.53. The minimum atomic E-state index is -0.123. The molecule has 0 aliphatic carbocycles. The molecular weight excluding hydrogens is 378 g/mol. The topological polar surface area (TPSA) is 56.7 Å². The summed E-state index contributed by atoms with van der Waals surface area (Å²) in [6.07, 6.45) is 7.49. The number of piperidine rings is 1. The van der Waals surface area contributed by atoms with E-state index >= 15 is 0 Å². The largest absolute Gasteiger partial charge is 0.489 e. The zero-order valence-electron chi connectivity index (χ0n) is 16.8. The lowest BCUT2D eigenvalue weighted by molar-refractivity contribution is 0.0850. The molecule has 0 radical (unpaired) electrons. The van der Waals surface area contributed by atoms with Crippen molar-refractivity contribution in [2.75, 3.05) is 19.7 Å². The molecule has 1 saturated heterocycles. The highest BCUT2D eigenvalue weighted by Gasteiger charge is 2.24. The van der Waals surface area contributed by atoms with E-state index in [1.807, 2.05) is 24.3 Å². The fraction of sp³-hybridized carbons (Fsp3) is 0.333. The SMILES string of the molecule is c1cncc(OC2CCN(Cc3ccc([C@H]4COc5cccnc5O4)cc3)CC2)c1. The number of hydrogen-bond acceptors (Lipinski definition) is 6. The van der Waals surface area contributed by atoms with Gasteiger partial charge in [0.15, 0.2) is 11.9 Å². The second-order valence-corrected chi connectivity index (χ2v) is 7.75. The van der Waals surface area contributed by atoms with Gasteiger partial charge in [-0.05, 0) is 48.2 Å². The lowest BCUT2D eigenvalue weighted by atomic mass is 10.0. The van der Waals surface area contributed by atoms with Crippen molar-refractivity contribution in [2.45, 2.75) is 31.6 Å². The molecule has 0 amide bonds. The van der Waals surface area contributed by atoms with Crippen molar-refractivity contribution in [1.82, 2.24) is 14.9 Å². The number of benzene rings is 1. The molecule has 154 valence electrons. The van der Waals surface area contributed by atoms with E-state index in [2.05, 4.69) is 39.1 Å². The van der Waals surface area contributed by atoms with Crippen LogP contribution in [0.4, 0.5) is 0 Å². The van der Waals surface area contributed by atoms with Crippen LogP contribution in [0.3, 0.4) is 0 Å². The van der Waals surface area contributed by atoms with Gasteiger partial charge in [0.05, 0.1) is 6.20 Å². The lowest BCUT2D eigenvalue weighted by Crippen LogP contribution is -2.37. The number of rotatable bonds is 5. The van der Waals surface area contributed by atoms with E-state index in [0.717, 1.165) is 43.8 Å². The van der Waals surface area contributed by atoms with E-state index in [4.69, 9.17) is 14.2 Å². The van der Waals surface area contributed by atoms with E-state index in [9.17, 15) is 0 Å². The van der Waals surface area contributed by atoms with E-state index in [1.54, 1.807) is 18.6 Å². The van der Waals surface area contributed by atoms with Gasteiger partial charge in [-0.2, -0.15) is 0 Å². The van der Waals surface area contributed by atoms with Crippen LogP contribution >= 0.6 is 0 Å². The third kappa shape index (κ3) is 4.39. The summed E-state index contributed by atoms with van der Waals surface area (Å²) in [7, 11) is 0. The Bertz CT molecular complexity index is 957. The van der Waals surface area contributed by atoms with Crippen LogP contribution in [0.2, 0.25) is 0 Å². The third-order valence-electron chi connectivity index (χ3n) is 5.61. The zero-order chi connectivity index (χ0) is 20.2. The Hall–Kier alpha value is -3.12. The maximum atomic E-state index is 6.04. The van der Waals surface area contributed by atoms with Crippen LogP contribution in [0.25, 0.3) is 0 Å². The van der Waals surface area contributed by atoms with Gasteiger partial charge in [-0.15, -0.1) is 0 Å². The molecule has 0 saturated carbocycles. The van der Waals surface area contributed by atoms with Gasteiger partial charge in [-0.1, -0.05) is 24.3 Å². The highest BCUT2D eigenvalue weighted by atomic mass is 16.6. The molecule has 0 bridgehead atoms. The Morgan fingerprint density at radius 1 is 1.00 bits per heavy atom. The molecule has 6 heteroatoms. The normalized spacial score (nSPS) is 19.4. The summed E-state index contributed by atoms with van der Waals surface area (Å²) in [5.74, 6) is 2.13. The summed E-state index contributed by atoms with van der Waals surface area (Å²) < 4.78 is 17.8. The van der Waals surface area contributed by atoms with Gasteiger partial charge in [-0.25, -0.2) is 4.98 Å². The van der Waals surface area contributed by atoms with Crippen molar-refractivity contribution >= 4 is 0 Å². The van der Waals surface area contributed by atoms with Crippen LogP contribution in [-0.4, -0.2) is 40.7 Å². The van der Waals surface area contributed by atoms with Gasteiger partial charge >= 0.3 is 0 Å². The molecule has 2 aromatic heterocycles. The number of pyridine rings is 2. The number of ether oxygens (including phenoxy) is 3. The summed E-state index contributed by atoms with van der Waals surface area (Å²) in [5, 5.41) is 0. The van der Waals surface area contributed by atoms with Crippen LogP contribution in [0.15, 0.2) is 67.1 Å². The molecule has 5 rings (SSSR count). The highest BCUT2D eigenvalue weighted by Crippen LogP contribution is 2.34. The van der Waals surface area contributed by atoms with Crippen LogP contribution in [0, 0.1) is 0 Å². The average molecular weight is 403 g/mol. The minimum Gasteiger partial charge on any atom is -0.489 e. The Labute approximate surface area is 176 Å². The molecule has 2 aliphatic rings. The van der Waals surface area contributed by atoms with Crippen molar-refractivity contribution < 1.29 is 14.2 Å². The molecule has 30 heavy (non-hydrogen) atoms. The van der Waals surface area contributed by atoms with Crippen LogP contribution < -0.4 is 14.2 Å². The molecule has 0 unspecified atom stereocenters. The molecule has 1 aromatic carbocycles. The maximum absolute atomic E-state index is 6.04. The first-order chi connectivity index (χ1) is 14.8. The Balaban J connectivity index is 1.13. The number of likely N-dealkylation sites (tertiary alicyclic amines) is 1. The molecule has 0 N–H and O–H groups in total. The highest BCUT2D eigenvalue weighted by molar-refractivity contribution is 5.36. The van der Waals surface area contributed by atoms with Gasteiger partial charge in [-0.3, -0.25) is 9.88 Å². The standard InChI is InChI=1S/C24H25N3O3/c1-3-21(15-25-11-1)29-20-9-13-27(14-10-20)16-18-5-7-19(8-6-18)23-17-28-22-4-2-12-26-24(22)30-23/h1-8,11-12,15,20,23H,9-10,13-14,16-17H2/t23-/m1/s1. The van der Waals surface area contributed by atoms with Gasteiger partial charge in [0.1, 0.15) is 18.5 Å². The van der Waals surface area contributed by atoms with Crippen molar-refractivity contribution in [2.24, 2.45) is 0 Å². The van der Waals surface area contributed by atoms with E-state index in [-0.39, 0.29) is 12.2 Å². The van der Waals surface area contributed by atoms with Crippen LogP contribution in [0.5, 0.6) is 17.4 Å². The number of fused-ring (bicyclic) bond motifs is 1. The molecule has 2 aliphatic heterocycles. The summed E-state index contributed by atoms with van der Waals surface area (Å²) in [4.78, 5) is 10.9. The second kappa shape index (κ2) is 8.71. The van der Waals surface area contributed by atoms with Crippen LogP contribution in [0.1, 0.15) is 30.1 Å². The van der Waals surface area contributed by atoms with Crippen molar-refractivity contribution in [3.05, 3.63) is 78.2 Å². The van der Waals surface area contributed by atoms with Crippen LogP contribution in [-0.2, 0) is 6.54 Å². The predicted octanol–water partition coefficient (Wildman–Crippen LogP) is 4.03. The first-order valence-electron chi connectivity index (χ1n) is 10.5. The monoisotopic (exact) mass is 403 g/mol. The molecule has 4 heterocycles. The summed E-state index contributed by atoms with van der Waals surface area (Å²) in [5.41, 5.74) is 2.42. The fourth-order valence-corrected chi connectivity index (χ4v) is 3.96. The van der Waals surface area contributed by atoms with E-state index in [1.165, 1.54) is 5.56 Å². The summed E-state index contributed by atoms with van der Waals surface area (Å²) in [6, 6.07) is 16.3. The minimum absolute atomic E-state index is 0.123. The van der Waals surface area contributed by atoms with Gasteiger partial charge in [0.25, 0.3) is 5.88 Å². The van der Waals surface area contributed by atoms with Gasteiger partial charge < -0.3 is 14.2 Å². The fourth-order valence-electron chi connectivity index (χ4n) is 3.96. The molecule has 6 nitrogen and oxygen atoms in total. The van der Waals surface area contributed by atoms with Crippen molar-refractivity contribution in [3.8, 4) is 17.4 Å². The smallest absolute Gasteiger partial charge is 0.257 e. The predicted molar refractivity (Wildman–Crippen MR) is 113 cm³/mol. The number of hydrogen-bond donors (Lipinski definition) is 0. The third-order valence-corrected chi connectivity index (χ3v) is 5.61. The first-order valence-corrected chi connectivity index (χ1v) is 10.5.